The summed E-state index contributed by atoms with van der Waals surface area (Å²) in [7, 11) is 0. The van der Waals surface area contributed by atoms with Crippen molar-refractivity contribution in [2.75, 3.05) is 0 Å². The first-order valence-electron chi connectivity index (χ1n) is 6.44. The largest absolute Gasteiger partial charge is 0.508 e. The van der Waals surface area contributed by atoms with Gasteiger partial charge in [-0.1, -0.05) is 12.1 Å². The Kier molecular flexibility index (Phi) is 3.44. The van der Waals surface area contributed by atoms with Crippen LogP contribution in [0.15, 0.2) is 52.9 Å². The smallest absolute Gasteiger partial charge is 0.419 e. The Balaban J connectivity index is 1.82. The maximum absolute atomic E-state index is 12.9. The molecule has 2 aromatic carbocycles. The van der Waals surface area contributed by atoms with Crippen LogP contribution in [0.5, 0.6) is 11.5 Å². The minimum absolute atomic E-state index is 0.0863. The predicted octanol–water partition coefficient (Wildman–Crippen LogP) is 4.74. The van der Waals surface area contributed by atoms with Crippen molar-refractivity contribution in [3.63, 3.8) is 0 Å². The van der Waals surface area contributed by atoms with Gasteiger partial charge in [0.15, 0.2) is 0 Å². The summed E-state index contributed by atoms with van der Waals surface area (Å²) in [6.07, 6.45) is -4.48. The molecule has 0 radical (unpaired) electrons. The number of furan rings is 1. The molecule has 1 heterocycles. The third-order valence-electron chi connectivity index (χ3n) is 3.11. The Morgan fingerprint density at radius 1 is 1.05 bits per heavy atom. The van der Waals surface area contributed by atoms with Crippen LogP contribution in [0.4, 0.5) is 13.2 Å². The van der Waals surface area contributed by atoms with E-state index < -0.39 is 11.7 Å². The highest BCUT2D eigenvalue weighted by atomic mass is 19.4. The number of fused-ring (bicyclic) bond motifs is 1. The van der Waals surface area contributed by atoms with E-state index >= 15 is 0 Å². The lowest BCUT2D eigenvalue weighted by Crippen LogP contribution is -2.08. The van der Waals surface area contributed by atoms with E-state index in [4.69, 9.17) is 9.15 Å². The van der Waals surface area contributed by atoms with E-state index in [1.807, 2.05) is 0 Å². The number of para-hydroxylation sites is 1. The molecule has 0 saturated heterocycles. The van der Waals surface area contributed by atoms with Gasteiger partial charge in [0, 0.05) is 5.39 Å². The molecule has 22 heavy (non-hydrogen) atoms. The van der Waals surface area contributed by atoms with Gasteiger partial charge in [-0.05, 0) is 36.4 Å². The minimum Gasteiger partial charge on any atom is -0.508 e. The van der Waals surface area contributed by atoms with Crippen LogP contribution in [0.2, 0.25) is 0 Å². The van der Waals surface area contributed by atoms with E-state index in [1.54, 1.807) is 12.1 Å². The van der Waals surface area contributed by atoms with Gasteiger partial charge in [-0.15, -0.1) is 0 Å². The van der Waals surface area contributed by atoms with E-state index in [0.29, 0.717) is 16.7 Å². The Hall–Kier alpha value is -2.63. The number of halogens is 3. The van der Waals surface area contributed by atoms with Crippen molar-refractivity contribution in [2.24, 2.45) is 0 Å². The van der Waals surface area contributed by atoms with E-state index in [-0.39, 0.29) is 18.1 Å². The quantitative estimate of drug-likeness (QED) is 0.760. The molecule has 0 fully saturated rings. The lowest BCUT2D eigenvalue weighted by atomic mass is 10.2. The zero-order chi connectivity index (χ0) is 15.7. The lowest BCUT2D eigenvalue weighted by Gasteiger charge is -2.12. The van der Waals surface area contributed by atoms with Gasteiger partial charge in [0.1, 0.15) is 29.4 Å². The van der Waals surface area contributed by atoms with Crippen LogP contribution in [0, 0.1) is 0 Å². The third-order valence-corrected chi connectivity index (χ3v) is 3.11. The highest BCUT2D eigenvalue weighted by Gasteiger charge is 2.34. The second-order valence-corrected chi connectivity index (χ2v) is 4.72. The lowest BCUT2D eigenvalue weighted by molar-refractivity contribution is -0.139. The summed E-state index contributed by atoms with van der Waals surface area (Å²) in [5.74, 6) is 0.207. The molecule has 0 amide bonds. The number of alkyl halides is 3. The Morgan fingerprint density at radius 2 is 1.82 bits per heavy atom. The highest BCUT2D eigenvalue weighted by Crippen LogP contribution is 2.36. The summed E-state index contributed by atoms with van der Waals surface area (Å²) in [6.45, 7) is -0.136. The summed E-state index contributed by atoms with van der Waals surface area (Å²) in [5.41, 5.74) is -0.302. The first kappa shape index (κ1) is 14.3. The van der Waals surface area contributed by atoms with Crippen LogP contribution < -0.4 is 4.74 Å². The van der Waals surface area contributed by atoms with Crippen LogP contribution in [0.1, 0.15) is 11.3 Å². The Morgan fingerprint density at radius 3 is 2.59 bits per heavy atom. The number of benzene rings is 2. The van der Waals surface area contributed by atoms with Gasteiger partial charge in [0.2, 0.25) is 0 Å². The summed E-state index contributed by atoms with van der Waals surface area (Å²) in [4.78, 5) is 0. The second-order valence-electron chi connectivity index (χ2n) is 4.72. The molecule has 1 N–H and O–H groups in total. The fourth-order valence-corrected chi connectivity index (χ4v) is 2.13. The summed E-state index contributed by atoms with van der Waals surface area (Å²) in [5, 5.41) is 10.0. The summed E-state index contributed by atoms with van der Waals surface area (Å²) < 4.78 is 49.3. The van der Waals surface area contributed by atoms with Gasteiger partial charge in [-0.3, -0.25) is 0 Å². The van der Waals surface area contributed by atoms with Crippen molar-refractivity contribution in [1.82, 2.24) is 0 Å². The number of aromatic hydroxyl groups is 1. The molecule has 0 saturated carbocycles. The molecular weight excluding hydrogens is 297 g/mol. The van der Waals surface area contributed by atoms with Gasteiger partial charge < -0.3 is 14.3 Å². The van der Waals surface area contributed by atoms with Gasteiger partial charge in [0.05, 0.1) is 5.56 Å². The molecule has 0 aliphatic heterocycles. The van der Waals surface area contributed by atoms with Crippen molar-refractivity contribution in [3.05, 3.63) is 59.9 Å². The van der Waals surface area contributed by atoms with Crippen molar-refractivity contribution in [3.8, 4) is 11.5 Å². The molecule has 3 aromatic rings. The number of hydrogen-bond donors (Lipinski definition) is 1. The molecule has 1 aromatic heterocycles. The monoisotopic (exact) mass is 308 g/mol. The molecule has 0 aliphatic carbocycles. The van der Waals surface area contributed by atoms with Crippen LogP contribution >= 0.6 is 0 Å². The molecule has 0 atom stereocenters. The van der Waals surface area contributed by atoms with E-state index in [2.05, 4.69) is 0 Å². The second kappa shape index (κ2) is 5.29. The van der Waals surface area contributed by atoms with Gasteiger partial charge in [-0.2, -0.15) is 13.2 Å². The summed E-state index contributed by atoms with van der Waals surface area (Å²) in [6, 6.07) is 11.2. The fraction of sp³-hybridized carbons (Fsp3) is 0.125. The van der Waals surface area contributed by atoms with Crippen molar-refractivity contribution < 1.29 is 27.4 Å². The highest BCUT2D eigenvalue weighted by molar-refractivity contribution is 5.79. The van der Waals surface area contributed by atoms with E-state index in [9.17, 15) is 18.3 Å². The van der Waals surface area contributed by atoms with Crippen molar-refractivity contribution in [1.29, 1.82) is 0 Å². The van der Waals surface area contributed by atoms with Crippen LogP contribution in [0.3, 0.4) is 0 Å². The first-order chi connectivity index (χ1) is 10.4. The number of phenols is 1. The first-order valence-corrected chi connectivity index (χ1v) is 6.44. The van der Waals surface area contributed by atoms with Gasteiger partial charge in [0.25, 0.3) is 0 Å². The van der Waals surface area contributed by atoms with Crippen LogP contribution in [-0.2, 0) is 12.8 Å². The molecule has 114 valence electrons. The average molecular weight is 308 g/mol. The van der Waals surface area contributed by atoms with E-state index in [1.165, 1.54) is 30.3 Å². The maximum atomic E-state index is 12.9. The number of phenolic OH excluding ortho intramolecular Hbond substituents is 1. The molecular formula is C16H11F3O3. The Labute approximate surface area is 123 Å². The number of rotatable bonds is 3. The van der Waals surface area contributed by atoms with Crippen LogP contribution in [-0.4, -0.2) is 5.11 Å². The van der Waals surface area contributed by atoms with Gasteiger partial charge in [-0.25, -0.2) is 0 Å². The normalized spacial score (nSPS) is 11.8. The van der Waals surface area contributed by atoms with Crippen LogP contribution in [0.25, 0.3) is 11.0 Å². The molecule has 0 aliphatic rings. The fourth-order valence-electron chi connectivity index (χ4n) is 2.13. The number of ether oxygens (including phenoxy) is 1. The van der Waals surface area contributed by atoms with E-state index in [0.717, 1.165) is 6.07 Å². The number of hydrogen-bond acceptors (Lipinski definition) is 3. The molecule has 0 unspecified atom stereocenters. The third kappa shape index (κ3) is 2.86. The van der Waals surface area contributed by atoms with Crippen molar-refractivity contribution >= 4 is 11.0 Å². The predicted molar refractivity (Wildman–Crippen MR) is 73.7 cm³/mol. The minimum atomic E-state index is -4.48. The molecule has 6 heteroatoms. The molecule has 3 nitrogen and oxygen atoms in total. The Bertz CT molecular complexity index is 806. The average Bonchev–Trinajstić information content (AvgIpc) is 2.86. The summed E-state index contributed by atoms with van der Waals surface area (Å²) >= 11 is 0. The standard InChI is InChI=1S/C16H11F3O3/c17-16(18,19)13-3-1-2-4-15(13)21-9-12-8-10-7-11(20)5-6-14(10)22-12/h1-8,20H,9H2. The van der Waals surface area contributed by atoms with Crippen molar-refractivity contribution in [2.45, 2.75) is 12.8 Å². The maximum Gasteiger partial charge on any atom is 0.419 e. The zero-order valence-corrected chi connectivity index (χ0v) is 11.2. The molecule has 0 spiro atoms. The SMILES string of the molecule is Oc1ccc2oc(COc3ccccc3C(F)(F)F)cc2c1. The van der Waals surface area contributed by atoms with Gasteiger partial charge >= 0.3 is 6.18 Å². The zero-order valence-electron chi connectivity index (χ0n) is 11.2. The topological polar surface area (TPSA) is 42.6 Å². The molecule has 0 bridgehead atoms. The molecule has 3 rings (SSSR count).